The summed E-state index contributed by atoms with van der Waals surface area (Å²) < 4.78 is 0. The van der Waals surface area contributed by atoms with Gasteiger partial charge < -0.3 is 0 Å². The predicted octanol–water partition coefficient (Wildman–Crippen LogP) is 8.52. The Kier molecular flexibility index (Phi) is 5.87. The summed E-state index contributed by atoms with van der Waals surface area (Å²) in [6.07, 6.45) is 2.07. The van der Waals surface area contributed by atoms with Gasteiger partial charge in [0.25, 0.3) is 0 Å². The summed E-state index contributed by atoms with van der Waals surface area (Å²) in [6, 6.07) is 56.1. The summed E-state index contributed by atoms with van der Waals surface area (Å²) in [7, 11) is 3.40. The van der Waals surface area contributed by atoms with Crippen LogP contribution >= 0.6 is 9.24 Å². The maximum Gasteiger partial charge on any atom is 0.0470 e. The van der Waals surface area contributed by atoms with Gasteiger partial charge in [0.15, 0.2) is 0 Å². The van der Waals surface area contributed by atoms with Gasteiger partial charge in [0.05, 0.1) is 0 Å². The highest BCUT2D eigenvalue weighted by Gasteiger charge is 2.68. The van der Waals surface area contributed by atoms with Crippen molar-refractivity contribution in [2.45, 2.75) is 28.8 Å². The van der Waals surface area contributed by atoms with Crippen molar-refractivity contribution >= 4 is 9.24 Å². The normalized spacial score (nSPS) is 20.1. The topological polar surface area (TPSA) is 0 Å². The fourth-order valence-corrected chi connectivity index (χ4v) is 8.04. The van der Waals surface area contributed by atoms with Crippen molar-refractivity contribution < 1.29 is 0 Å². The van der Waals surface area contributed by atoms with Gasteiger partial charge in [-0.05, 0) is 40.7 Å². The summed E-state index contributed by atoms with van der Waals surface area (Å²) in [5.41, 5.74) is 6.12. The lowest BCUT2D eigenvalue weighted by molar-refractivity contribution is 0.313. The molecular weight excluding hydrogens is 451 g/mol. The molecule has 36 heavy (non-hydrogen) atoms. The van der Waals surface area contributed by atoms with Crippen molar-refractivity contribution in [3.8, 4) is 0 Å². The average molecular weight is 483 g/mol. The molecular formula is C35H31P. The van der Waals surface area contributed by atoms with E-state index >= 15 is 0 Å². The van der Waals surface area contributed by atoms with Crippen LogP contribution in [0, 0.1) is 0 Å². The quantitative estimate of drug-likeness (QED) is 0.220. The number of hydrogen-bond acceptors (Lipinski definition) is 0. The van der Waals surface area contributed by atoms with E-state index in [9.17, 15) is 0 Å². The lowest BCUT2D eigenvalue weighted by atomic mass is 9.50. The Hall–Kier alpha value is -3.47. The minimum atomic E-state index is -0.378. The smallest absolute Gasteiger partial charge is 0.0470 e. The molecule has 0 aromatic heterocycles. The first kappa shape index (κ1) is 23.0. The van der Waals surface area contributed by atoms with Crippen LogP contribution in [0.15, 0.2) is 152 Å². The summed E-state index contributed by atoms with van der Waals surface area (Å²) in [5.74, 6) is 0. The minimum absolute atomic E-state index is 0.233. The van der Waals surface area contributed by atoms with Crippen molar-refractivity contribution in [1.82, 2.24) is 0 Å². The van der Waals surface area contributed by atoms with Crippen LogP contribution in [-0.4, -0.2) is 0 Å². The largest absolute Gasteiger partial charge is 0.125 e. The Morgan fingerprint density at radius 2 is 0.667 bits per heavy atom. The molecule has 1 heteroatoms. The van der Waals surface area contributed by atoms with Crippen LogP contribution in [0.5, 0.6) is 0 Å². The first-order chi connectivity index (χ1) is 17.7. The second-order valence-electron chi connectivity index (χ2n) is 9.96. The molecule has 0 radical (unpaired) electrons. The van der Waals surface area contributed by atoms with Crippen LogP contribution in [-0.2, 0) is 16.0 Å². The molecule has 0 amide bonds. The van der Waals surface area contributed by atoms with Crippen molar-refractivity contribution in [1.29, 1.82) is 0 Å². The van der Waals surface area contributed by atoms with E-state index in [2.05, 4.69) is 161 Å². The third-order valence-electron chi connectivity index (χ3n) is 8.44. The Morgan fingerprint density at radius 1 is 0.361 bits per heavy atom. The molecule has 0 saturated heterocycles. The zero-order chi connectivity index (χ0) is 24.5. The van der Waals surface area contributed by atoms with Crippen molar-refractivity contribution in [3.05, 3.63) is 179 Å². The van der Waals surface area contributed by atoms with Gasteiger partial charge in [-0.2, -0.15) is 0 Å². The molecule has 5 aromatic rings. The van der Waals surface area contributed by atoms with Gasteiger partial charge in [-0.25, -0.2) is 0 Å². The highest BCUT2D eigenvalue weighted by molar-refractivity contribution is 7.18. The lowest BCUT2D eigenvalue weighted by Gasteiger charge is -2.55. The SMILES string of the molecule is PC1(c2ccccc2)CCC(c2ccccc2)(c2ccccc2)C1(c1ccccc1)c1ccccc1. The van der Waals surface area contributed by atoms with Crippen LogP contribution in [0.3, 0.4) is 0 Å². The van der Waals surface area contributed by atoms with E-state index in [1.807, 2.05) is 0 Å². The summed E-state index contributed by atoms with van der Waals surface area (Å²) >= 11 is 0. The predicted molar refractivity (Wildman–Crippen MR) is 154 cm³/mol. The van der Waals surface area contributed by atoms with Crippen molar-refractivity contribution in [3.63, 3.8) is 0 Å². The maximum absolute atomic E-state index is 3.40. The van der Waals surface area contributed by atoms with Gasteiger partial charge in [-0.1, -0.05) is 152 Å². The lowest BCUT2D eigenvalue weighted by Crippen LogP contribution is -2.55. The first-order valence-corrected chi connectivity index (χ1v) is 13.4. The molecule has 0 bridgehead atoms. The number of hydrogen-bond donors (Lipinski definition) is 0. The molecule has 2 unspecified atom stereocenters. The van der Waals surface area contributed by atoms with E-state index in [1.165, 1.54) is 27.8 Å². The fraction of sp³-hybridized carbons (Fsp3) is 0.143. The molecule has 0 spiro atoms. The average Bonchev–Trinajstić information content (AvgIpc) is 3.27. The van der Waals surface area contributed by atoms with Crippen LogP contribution in [0.1, 0.15) is 40.7 Å². The monoisotopic (exact) mass is 482 g/mol. The molecule has 5 aromatic carbocycles. The molecule has 0 N–H and O–H groups in total. The van der Waals surface area contributed by atoms with E-state index in [1.54, 1.807) is 0 Å². The van der Waals surface area contributed by atoms with Gasteiger partial charge in [0.2, 0.25) is 0 Å². The number of rotatable bonds is 5. The van der Waals surface area contributed by atoms with Gasteiger partial charge in [0, 0.05) is 16.0 Å². The van der Waals surface area contributed by atoms with E-state index in [-0.39, 0.29) is 16.0 Å². The second kappa shape index (κ2) is 9.20. The molecule has 2 atom stereocenters. The van der Waals surface area contributed by atoms with Crippen LogP contribution < -0.4 is 0 Å². The first-order valence-electron chi connectivity index (χ1n) is 12.8. The maximum atomic E-state index is 3.40. The summed E-state index contributed by atoms with van der Waals surface area (Å²) in [6.45, 7) is 0. The van der Waals surface area contributed by atoms with E-state index in [0.29, 0.717) is 0 Å². The highest BCUT2D eigenvalue weighted by Crippen LogP contribution is 2.72. The van der Waals surface area contributed by atoms with Gasteiger partial charge in [-0.3, -0.25) is 0 Å². The zero-order valence-corrected chi connectivity index (χ0v) is 21.6. The molecule has 1 fully saturated rings. The van der Waals surface area contributed by atoms with Crippen molar-refractivity contribution in [2.75, 3.05) is 0 Å². The Morgan fingerprint density at radius 3 is 1.03 bits per heavy atom. The molecule has 1 aliphatic rings. The highest BCUT2D eigenvalue weighted by atomic mass is 31.0. The van der Waals surface area contributed by atoms with Gasteiger partial charge in [-0.15, -0.1) is 9.24 Å². The van der Waals surface area contributed by atoms with Gasteiger partial charge in [0.1, 0.15) is 0 Å². The van der Waals surface area contributed by atoms with Crippen LogP contribution in [0.25, 0.3) is 0 Å². The van der Waals surface area contributed by atoms with E-state index in [4.69, 9.17) is 0 Å². The van der Waals surface area contributed by atoms with Crippen molar-refractivity contribution in [2.24, 2.45) is 0 Å². The molecule has 6 rings (SSSR count). The van der Waals surface area contributed by atoms with E-state index in [0.717, 1.165) is 12.8 Å². The Balaban J connectivity index is 1.84. The zero-order valence-electron chi connectivity index (χ0n) is 20.4. The molecule has 1 aliphatic carbocycles. The van der Waals surface area contributed by atoms with E-state index < -0.39 is 0 Å². The molecule has 0 aliphatic heterocycles. The Labute approximate surface area is 217 Å². The number of benzene rings is 5. The standard InChI is InChI=1S/C35H31P/c36-34(30-20-10-3-11-21-30)27-26-33(28-16-6-1-7-17-28,29-18-8-2-9-19-29)35(34,31-22-12-4-13-23-31)32-24-14-5-15-25-32/h1-25H,26-27,36H2. The molecule has 0 heterocycles. The summed E-state index contributed by atoms with van der Waals surface area (Å²) in [5, 5.41) is -0.233. The molecule has 176 valence electrons. The third kappa shape index (κ3) is 3.18. The second-order valence-corrected chi connectivity index (χ2v) is 10.9. The van der Waals surface area contributed by atoms with Crippen LogP contribution in [0.4, 0.5) is 0 Å². The van der Waals surface area contributed by atoms with Crippen LogP contribution in [0.2, 0.25) is 0 Å². The summed E-state index contributed by atoms with van der Waals surface area (Å²) in [4.78, 5) is 0. The molecule has 0 nitrogen and oxygen atoms in total. The minimum Gasteiger partial charge on any atom is -0.125 e. The third-order valence-corrected chi connectivity index (χ3v) is 9.49. The molecule has 1 saturated carbocycles. The Bertz CT molecular complexity index is 1330. The fourth-order valence-electron chi connectivity index (χ4n) is 7.12. The van der Waals surface area contributed by atoms with Gasteiger partial charge >= 0.3 is 0 Å².